The van der Waals surface area contributed by atoms with E-state index >= 15 is 0 Å². The van der Waals surface area contributed by atoms with Crippen LogP contribution in [-0.4, -0.2) is 12.1 Å². The van der Waals surface area contributed by atoms with Gasteiger partial charge in [0.25, 0.3) is 0 Å². The molecule has 0 amide bonds. The zero-order chi connectivity index (χ0) is 5.91. The van der Waals surface area contributed by atoms with Crippen LogP contribution in [0, 0.1) is 0 Å². The van der Waals surface area contributed by atoms with E-state index < -0.39 is 0 Å². The summed E-state index contributed by atoms with van der Waals surface area (Å²) >= 11 is 0. The third-order valence-electron chi connectivity index (χ3n) is 0.348. The van der Waals surface area contributed by atoms with Gasteiger partial charge in [0.15, 0.2) is 0 Å². The van der Waals surface area contributed by atoms with Gasteiger partial charge in [-0.05, 0) is 20.8 Å². The Morgan fingerprint density at radius 3 is 1.67 bits per heavy atom. The van der Waals surface area contributed by atoms with Crippen LogP contribution >= 0.6 is 0 Å². The van der Waals surface area contributed by atoms with Gasteiger partial charge in [0, 0.05) is 37.6 Å². The second kappa shape index (κ2) is 6.77. The van der Waals surface area contributed by atoms with E-state index in [4.69, 9.17) is 0 Å². The van der Waals surface area contributed by atoms with E-state index in [0.29, 0.717) is 0 Å². The molecule has 0 rings (SSSR count). The van der Waals surface area contributed by atoms with Gasteiger partial charge in [-0.3, -0.25) is 0 Å². The molecule has 9 heavy (non-hydrogen) atoms. The maximum absolute atomic E-state index is 9.47. The molecule has 0 saturated carbocycles. The largest absolute Gasteiger partial charge is 0.649 e. The van der Waals surface area contributed by atoms with Crippen molar-refractivity contribution in [2.24, 2.45) is 0 Å². The van der Waals surface area contributed by atoms with E-state index in [1.807, 2.05) is 0 Å². The summed E-state index contributed by atoms with van der Waals surface area (Å²) in [7, 11) is 0. The Kier molecular flexibility index (Phi) is 12.3. The van der Waals surface area contributed by atoms with Crippen LogP contribution in [0.25, 0.3) is 0 Å². The molecule has 0 fully saturated rings. The average molecular weight is 355 g/mol. The molecule has 0 aromatic heterocycles. The van der Waals surface area contributed by atoms with Crippen molar-refractivity contribution in [2.45, 2.75) is 26.4 Å². The van der Waals surface area contributed by atoms with Gasteiger partial charge in [-0.1, -0.05) is 6.47 Å². The molecular weight excluding hydrogens is 346 g/mol. The van der Waals surface area contributed by atoms with Gasteiger partial charge in [-0.25, -0.2) is 0 Å². The average Bonchev–Trinajstić information content (AvgIpc) is 1.30. The van der Waals surface area contributed by atoms with Gasteiger partial charge in [0.05, 0.1) is 5.60 Å². The van der Waals surface area contributed by atoms with Crippen LogP contribution in [0.2, 0.25) is 0 Å². The fourth-order valence-corrected chi connectivity index (χ4v) is 0.125. The number of carbonyl (C=O) groups excluding carboxylic acids is 1. The molecule has 0 unspecified atom stereocenters. The molecule has 2 nitrogen and oxygen atoms in total. The molecule has 0 aromatic rings. The van der Waals surface area contributed by atoms with E-state index in [1.165, 1.54) is 6.47 Å². The Labute approximate surface area is 79.9 Å². The maximum Gasteiger partial charge on any atom is 0.0623 e. The summed E-state index contributed by atoms with van der Waals surface area (Å²) in [4.78, 5) is 9.47. The van der Waals surface area contributed by atoms with Crippen molar-refractivity contribution in [1.82, 2.24) is 0 Å². The van der Waals surface area contributed by atoms with E-state index in [-0.39, 0.29) is 43.2 Å². The summed E-state index contributed by atoms with van der Waals surface area (Å²) in [6, 6.07) is 0. The minimum atomic E-state index is -0.373. The first-order valence-corrected chi connectivity index (χ1v) is 2.11. The van der Waals surface area contributed by atoms with Crippen molar-refractivity contribution in [1.29, 1.82) is 0 Å². The fraction of sp³-hybridized carbons (Fsp3) is 0.800. The molecule has 0 N–H and O–H groups in total. The third-order valence-corrected chi connectivity index (χ3v) is 0.348. The summed E-state index contributed by atoms with van der Waals surface area (Å²) in [5, 5.41) is 0. The topological polar surface area (TPSA) is 26.3 Å². The van der Waals surface area contributed by atoms with Crippen LogP contribution in [-0.2, 0) is 47.1 Å². The Morgan fingerprint density at radius 2 is 1.67 bits per heavy atom. The maximum atomic E-state index is 9.47. The molecule has 0 aliphatic heterocycles. The molecule has 62 valence electrons. The van der Waals surface area contributed by atoms with Crippen LogP contribution in [0.4, 0.5) is 0 Å². The Balaban J connectivity index is -0.000000180. The molecule has 0 aromatic carbocycles. The first-order valence-electron chi connectivity index (χ1n) is 2.11. The minimum Gasteiger partial charge on any atom is -0.649 e. The van der Waals surface area contributed by atoms with Crippen molar-refractivity contribution in [3.63, 3.8) is 0 Å². The zero-order valence-corrected chi connectivity index (χ0v) is 8.71. The number of hydrogen-bond donors (Lipinski definition) is 0. The van der Waals surface area contributed by atoms with Gasteiger partial charge < -0.3 is 9.53 Å². The molecule has 0 aliphatic rings. The second-order valence-electron chi connectivity index (χ2n) is 2.30. The van der Waals surface area contributed by atoms with Crippen LogP contribution in [0.1, 0.15) is 20.8 Å². The standard InChI is InChI=1S/C5H9O2.Ni.Pt/c1-5(2,3)7-4-6;;/h1-3H3;;/q-1;;. The van der Waals surface area contributed by atoms with Crippen molar-refractivity contribution < 1.29 is 47.1 Å². The van der Waals surface area contributed by atoms with Crippen molar-refractivity contribution in [3.8, 4) is 0 Å². The minimum absolute atomic E-state index is 0. The number of ether oxygens (including phenoxy) is 1. The first-order chi connectivity index (χ1) is 3.06. The first kappa shape index (κ1) is 16.3. The van der Waals surface area contributed by atoms with Gasteiger partial charge in [0.1, 0.15) is 0 Å². The predicted molar refractivity (Wildman–Crippen MR) is 26.5 cm³/mol. The number of rotatable bonds is 1. The van der Waals surface area contributed by atoms with E-state index in [0.717, 1.165) is 0 Å². The smallest absolute Gasteiger partial charge is 0.0623 e. The Bertz CT molecular complexity index is 69.8. The van der Waals surface area contributed by atoms with Crippen LogP contribution in [0.3, 0.4) is 0 Å². The monoisotopic (exact) mass is 354 g/mol. The summed E-state index contributed by atoms with van der Waals surface area (Å²) in [6.45, 7) is 6.73. The molecule has 0 bridgehead atoms. The fourth-order valence-electron chi connectivity index (χ4n) is 0.125. The normalized spacial score (nSPS) is 8.33. The zero-order valence-electron chi connectivity index (χ0n) is 5.45. The van der Waals surface area contributed by atoms with Crippen LogP contribution in [0.15, 0.2) is 0 Å². The van der Waals surface area contributed by atoms with Crippen LogP contribution in [0.5, 0.6) is 0 Å². The molecule has 0 radical (unpaired) electrons. The van der Waals surface area contributed by atoms with Crippen molar-refractivity contribution >= 4 is 6.47 Å². The molecule has 0 saturated heterocycles. The molecule has 0 aliphatic carbocycles. The third kappa shape index (κ3) is 17.7. The van der Waals surface area contributed by atoms with Crippen LogP contribution < -0.4 is 0 Å². The summed E-state index contributed by atoms with van der Waals surface area (Å²) in [6.07, 6.45) is 0. The Morgan fingerprint density at radius 1 is 1.33 bits per heavy atom. The Hall–Kier alpha value is 0.652. The van der Waals surface area contributed by atoms with Gasteiger partial charge >= 0.3 is 0 Å². The van der Waals surface area contributed by atoms with E-state index in [1.54, 1.807) is 20.8 Å². The molecule has 0 atom stereocenters. The molecular formula is C5H9NiO2Pt-. The predicted octanol–water partition coefficient (Wildman–Crippen LogP) is 0.864. The van der Waals surface area contributed by atoms with Crippen molar-refractivity contribution in [2.75, 3.05) is 0 Å². The van der Waals surface area contributed by atoms with Crippen molar-refractivity contribution in [3.05, 3.63) is 0 Å². The van der Waals surface area contributed by atoms with Gasteiger partial charge in [-0.2, -0.15) is 0 Å². The van der Waals surface area contributed by atoms with E-state index in [2.05, 4.69) is 4.74 Å². The molecule has 4 heteroatoms. The second-order valence-corrected chi connectivity index (χ2v) is 2.30. The summed E-state index contributed by atoms with van der Waals surface area (Å²) in [5.74, 6) is 0. The quantitative estimate of drug-likeness (QED) is 0.516. The summed E-state index contributed by atoms with van der Waals surface area (Å²) < 4.78 is 4.42. The number of hydrogen-bond acceptors (Lipinski definition) is 2. The van der Waals surface area contributed by atoms with Gasteiger partial charge in [0.2, 0.25) is 0 Å². The molecule has 0 heterocycles. The van der Waals surface area contributed by atoms with Gasteiger partial charge in [-0.15, -0.1) is 0 Å². The summed E-state index contributed by atoms with van der Waals surface area (Å²) in [5.41, 5.74) is -0.373. The molecule has 0 spiro atoms. The SMILES string of the molecule is CC(C)(C)O[C-]=O.[Ni].[Pt]. The van der Waals surface area contributed by atoms with E-state index in [9.17, 15) is 4.79 Å².